The van der Waals surface area contributed by atoms with Crippen molar-refractivity contribution in [3.05, 3.63) is 0 Å². The summed E-state index contributed by atoms with van der Waals surface area (Å²) in [5.74, 6) is 5.67. The van der Waals surface area contributed by atoms with Crippen LogP contribution in [0.4, 0.5) is 0 Å². The van der Waals surface area contributed by atoms with E-state index in [4.69, 9.17) is 0 Å². The Morgan fingerprint density at radius 3 is 1.69 bits per heavy atom. The predicted octanol–water partition coefficient (Wildman–Crippen LogP) is 4.21. The average molecular weight is 182 g/mol. The molecule has 0 aromatic heterocycles. The molecule has 0 radical (unpaired) electrons. The monoisotopic (exact) mass is 182 g/mol. The van der Waals surface area contributed by atoms with Crippen LogP contribution >= 0.6 is 0 Å². The van der Waals surface area contributed by atoms with E-state index in [0.29, 0.717) is 0 Å². The molecular weight excluding hydrogens is 156 g/mol. The van der Waals surface area contributed by atoms with Crippen molar-refractivity contribution in [2.75, 3.05) is 0 Å². The van der Waals surface area contributed by atoms with Gasteiger partial charge in [-0.2, -0.15) is 0 Å². The Morgan fingerprint density at radius 1 is 0.846 bits per heavy atom. The van der Waals surface area contributed by atoms with Crippen LogP contribution in [0.15, 0.2) is 0 Å². The van der Waals surface area contributed by atoms with E-state index in [1.54, 1.807) is 0 Å². The molecule has 0 aromatic rings. The van der Waals surface area contributed by atoms with Crippen LogP contribution in [0.3, 0.4) is 0 Å². The van der Waals surface area contributed by atoms with Gasteiger partial charge < -0.3 is 0 Å². The maximum Gasteiger partial charge on any atom is -0.0352 e. The first-order valence-electron chi connectivity index (χ1n) is 5.95. The molecule has 4 atom stereocenters. The molecule has 0 nitrogen and oxygen atoms in total. The second kappa shape index (κ2) is 4.02. The lowest BCUT2D eigenvalue weighted by Crippen LogP contribution is -2.17. The van der Waals surface area contributed by atoms with Crippen LogP contribution in [-0.4, -0.2) is 0 Å². The lowest BCUT2D eigenvalue weighted by atomic mass is 9.82. The van der Waals surface area contributed by atoms with E-state index >= 15 is 0 Å². The van der Waals surface area contributed by atoms with E-state index in [2.05, 4.69) is 41.5 Å². The third-order valence-electron chi connectivity index (χ3n) is 4.30. The summed E-state index contributed by atoms with van der Waals surface area (Å²) in [4.78, 5) is 0. The molecule has 1 rings (SSSR count). The van der Waals surface area contributed by atoms with Gasteiger partial charge in [0.05, 0.1) is 0 Å². The Morgan fingerprint density at radius 2 is 1.38 bits per heavy atom. The van der Waals surface area contributed by atoms with Gasteiger partial charge in [0.25, 0.3) is 0 Å². The van der Waals surface area contributed by atoms with E-state index in [1.165, 1.54) is 6.42 Å². The van der Waals surface area contributed by atoms with Crippen molar-refractivity contribution in [2.45, 2.75) is 48.0 Å². The van der Waals surface area contributed by atoms with Crippen LogP contribution in [0.25, 0.3) is 0 Å². The van der Waals surface area contributed by atoms with Gasteiger partial charge in [-0.1, -0.05) is 41.5 Å². The fourth-order valence-electron chi connectivity index (χ4n) is 2.60. The standard InChI is InChI=1S/C13H26/c1-8(2)10(5)11(6)13-7-12(13)9(3)4/h8-13H,7H2,1-6H3. The van der Waals surface area contributed by atoms with E-state index in [9.17, 15) is 0 Å². The smallest absolute Gasteiger partial charge is 0.0352 e. The van der Waals surface area contributed by atoms with Crippen LogP contribution in [0.5, 0.6) is 0 Å². The van der Waals surface area contributed by atoms with E-state index in [0.717, 1.165) is 35.5 Å². The molecule has 1 saturated carbocycles. The molecule has 1 fully saturated rings. The van der Waals surface area contributed by atoms with Gasteiger partial charge in [0.1, 0.15) is 0 Å². The molecule has 0 heteroatoms. The van der Waals surface area contributed by atoms with Crippen LogP contribution in [-0.2, 0) is 0 Å². The number of hydrogen-bond donors (Lipinski definition) is 0. The highest BCUT2D eigenvalue weighted by Gasteiger charge is 2.44. The SMILES string of the molecule is CC(C)C(C)C(C)C1CC1C(C)C. The van der Waals surface area contributed by atoms with Crippen LogP contribution in [0.1, 0.15) is 48.0 Å². The molecule has 0 spiro atoms. The highest BCUT2D eigenvalue weighted by atomic mass is 14.5. The van der Waals surface area contributed by atoms with Gasteiger partial charge in [0.2, 0.25) is 0 Å². The average Bonchev–Trinajstić information content (AvgIpc) is 2.80. The molecule has 1 aliphatic carbocycles. The summed E-state index contributed by atoms with van der Waals surface area (Å²) >= 11 is 0. The van der Waals surface area contributed by atoms with Crippen LogP contribution < -0.4 is 0 Å². The molecule has 0 N–H and O–H groups in total. The molecule has 0 aromatic carbocycles. The molecular formula is C13H26. The molecule has 4 unspecified atom stereocenters. The van der Waals surface area contributed by atoms with Crippen LogP contribution in [0.2, 0.25) is 0 Å². The van der Waals surface area contributed by atoms with Gasteiger partial charge in [-0.3, -0.25) is 0 Å². The van der Waals surface area contributed by atoms with Gasteiger partial charge in [-0.05, 0) is 41.9 Å². The predicted molar refractivity (Wildman–Crippen MR) is 59.6 cm³/mol. The van der Waals surface area contributed by atoms with Crippen molar-refractivity contribution in [3.63, 3.8) is 0 Å². The molecule has 78 valence electrons. The fraction of sp³-hybridized carbons (Fsp3) is 1.00. The minimum absolute atomic E-state index is 0.850. The molecule has 1 aliphatic rings. The summed E-state index contributed by atoms with van der Waals surface area (Å²) in [6.45, 7) is 14.3. The highest BCUT2D eigenvalue weighted by Crippen LogP contribution is 2.51. The molecule has 0 saturated heterocycles. The van der Waals surface area contributed by atoms with Crippen molar-refractivity contribution in [2.24, 2.45) is 35.5 Å². The van der Waals surface area contributed by atoms with E-state index < -0.39 is 0 Å². The van der Waals surface area contributed by atoms with Gasteiger partial charge in [-0.25, -0.2) is 0 Å². The van der Waals surface area contributed by atoms with E-state index in [1.807, 2.05) is 0 Å². The summed E-state index contributed by atoms with van der Waals surface area (Å²) < 4.78 is 0. The second-order valence-corrected chi connectivity index (χ2v) is 5.77. The zero-order valence-corrected chi connectivity index (χ0v) is 10.2. The number of hydrogen-bond acceptors (Lipinski definition) is 0. The summed E-state index contributed by atoms with van der Waals surface area (Å²) in [5.41, 5.74) is 0. The van der Waals surface area contributed by atoms with Crippen molar-refractivity contribution in [3.8, 4) is 0 Å². The van der Waals surface area contributed by atoms with Crippen LogP contribution in [0, 0.1) is 35.5 Å². The van der Waals surface area contributed by atoms with Gasteiger partial charge in [-0.15, -0.1) is 0 Å². The van der Waals surface area contributed by atoms with Crippen molar-refractivity contribution < 1.29 is 0 Å². The molecule has 0 bridgehead atoms. The van der Waals surface area contributed by atoms with Gasteiger partial charge in [0, 0.05) is 0 Å². The fourth-order valence-corrected chi connectivity index (χ4v) is 2.60. The first kappa shape index (κ1) is 11.1. The zero-order valence-electron chi connectivity index (χ0n) is 10.2. The zero-order chi connectivity index (χ0) is 10.2. The molecule has 0 aliphatic heterocycles. The third-order valence-corrected chi connectivity index (χ3v) is 4.30. The topological polar surface area (TPSA) is 0 Å². The largest absolute Gasteiger partial charge is 0.0625 e. The lowest BCUT2D eigenvalue weighted by molar-refractivity contribution is 0.251. The Balaban J connectivity index is 2.38. The second-order valence-electron chi connectivity index (χ2n) is 5.77. The van der Waals surface area contributed by atoms with Crippen molar-refractivity contribution >= 4 is 0 Å². The van der Waals surface area contributed by atoms with Gasteiger partial charge in [0.15, 0.2) is 0 Å². The third kappa shape index (κ3) is 2.48. The maximum absolute atomic E-state index is 2.46. The highest BCUT2D eigenvalue weighted by molar-refractivity contribution is 4.93. The summed E-state index contributed by atoms with van der Waals surface area (Å²) in [6, 6.07) is 0. The molecule has 0 heterocycles. The quantitative estimate of drug-likeness (QED) is 0.611. The molecule has 13 heavy (non-hydrogen) atoms. The lowest BCUT2D eigenvalue weighted by Gasteiger charge is -2.24. The summed E-state index contributed by atoms with van der Waals surface area (Å²) in [6.07, 6.45) is 1.50. The molecule has 0 amide bonds. The Kier molecular flexibility index (Phi) is 3.43. The van der Waals surface area contributed by atoms with Crippen molar-refractivity contribution in [1.29, 1.82) is 0 Å². The first-order chi connectivity index (χ1) is 5.95. The minimum atomic E-state index is 0.850. The van der Waals surface area contributed by atoms with Crippen molar-refractivity contribution in [1.82, 2.24) is 0 Å². The summed E-state index contributed by atoms with van der Waals surface area (Å²) in [7, 11) is 0. The number of rotatable bonds is 4. The van der Waals surface area contributed by atoms with Gasteiger partial charge >= 0.3 is 0 Å². The minimum Gasteiger partial charge on any atom is -0.0625 e. The Bertz CT molecular complexity index is 157. The maximum atomic E-state index is 2.46. The van der Waals surface area contributed by atoms with E-state index in [-0.39, 0.29) is 0 Å². The first-order valence-corrected chi connectivity index (χ1v) is 5.95. The Hall–Kier alpha value is 0. The normalized spacial score (nSPS) is 32.3. The summed E-state index contributed by atoms with van der Waals surface area (Å²) in [5, 5.41) is 0. The Labute approximate surface area is 84.1 Å².